The third-order valence-corrected chi connectivity index (χ3v) is 5.54. The van der Waals surface area contributed by atoms with Gasteiger partial charge in [-0.05, 0) is 41.7 Å². The molecule has 1 nitrogen and oxygen atoms in total. The van der Waals surface area contributed by atoms with Crippen molar-refractivity contribution in [1.82, 2.24) is 0 Å². The molecule has 0 bridgehead atoms. The first-order valence-corrected chi connectivity index (χ1v) is 9.30. The maximum atomic E-state index is 6.38. The minimum Gasteiger partial charge on any atom is -0.335 e. The van der Waals surface area contributed by atoms with E-state index in [2.05, 4.69) is 24.3 Å². The number of likely N-dealkylation sites (tertiary alicyclic amines) is 1. The van der Waals surface area contributed by atoms with E-state index in [-0.39, 0.29) is 0 Å². The molecule has 0 spiro atoms. The normalized spacial score (nSPS) is 16.6. The van der Waals surface area contributed by atoms with Crippen molar-refractivity contribution in [3.05, 3.63) is 69.7 Å². The number of benzene rings is 2. The lowest BCUT2D eigenvalue weighted by Gasteiger charge is -2.20. The SMILES string of the molecule is Clc1ccc([C@H](CC[NH+]2CCCC2)Cc2ccccc2Cl)cc1. The van der Waals surface area contributed by atoms with Crippen LogP contribution in [-0.4, -0.2) is 19.6 Å². The van der Waals surface area contributed by atoms with Gasteiger partial charge in [0.2, 0.25) is 0 Å². The highest BCUT2D eigenvalue weighted by atomic mass is 35.5. The van der Waals surface area contributed by atoms with E-state index in [0.29, 0.717) is 5.92 Å². The van der Waals surface area contributed by atoms with Crippen LogP contribution in [-0.2, 0) is 6.42 Å². The minimum atomic E-state index is 0.500. The average Bonchev–Trinajstić information content (AvgIpc) is 3.07. The van der Waals surface area contributed by atoms with Crippen molar-refractivity contribution in [2.75, 3.05) is 19.6 Å². The molecule has 1 heterocycles. The summed E-state index contributed by atoms with van der Waals surface area (Å²) in [4.78, 5) is 1.75. The smallest absolute Gasteiger partial charge is 0.0776 e. The number of halogens is 2. The van der Waals surface area contributed by atoms with Crippen molar-refractivity contribution < 1.29 is 4.90 Å². The van der Waals surface area contributed by atoms with Crippen molar-refractivity contribution >= 4 is 23.2 Å². The lowest BCUT2D eigenvalue weighted by atomic mass is 9.89. The molecule has 1 atom stereocenters. The summed E-state index contributed by atoms with van der Waals surface area (Å²) in [6.45, 7) is 3.91. The van der Waals surface area contributed by atoms with Crippen molar-refractivity contribution in [2.24, 2.45) is 0 Å². The van der Waals surface area contributed by atoms with Gasteiger partial charge in [-0.1, -0.05) is 53.5 Å². The van der Waals surface area contributed by atoms with E-state index in [1.54, 1.807) is 4.90 Å². The molecule has 1 N–H and O–H groups in total. The van der Waals surface area contributed by atoms with Gasteiger partial charge in [0, 0.05) is 29.3 Å². The molecule has 23 heavy (non-hydrogen) atoms. The predicted molar refractivity (Wildman–Crippen MR) is 98.8 cm³/mol. The fraction of sp³-hybridized carbons (Fsp3) is 0.400. The second kappa shape index (κ2) is 8.19. The molecule has 3 rings (SSSR count). The van der Waals surface area contributed by atoms with E-state index < -0.39 is 0 Å². The minimum absolute atomic E-state index is 0.500. The molecular formula is C20H24Cl2N+. The van der Waals surface area contributed by atoms with E-state index in [0.717, 1.165) is 16.5 Å². The summed E-state index contributed by atoms with van der Waals surface area (Å²) < 4.78 is 0. The van der Waals surface area contributed by atoms with Gasteiger partial charge >= 0.3 is 0 Å². The van der Waals surface area contributed by atoms with Crippen LogP contribution in [0.4, 0.5) is 0 Å². The molecule has 1 aliphatic heterocycles. The third kappa shape index (κ3) is 4.73. The van der Waals surface area contributed by atoms with E-state index in [9.17, 15) is 0 Å². The second-order valence-electron chi connectivity index (χ2n) is 6.54. The van der Waals surface area contributed by atoms with Gasteiger partial charge in [0.15, 0.2) is 0 Å². The van der Waals surface area contributed by atoms with Crippen molar-refractivity contribution in [1.29, 1.82) is 0 Å². The molecular weight excluding hydrogens is 325 g/mol. The maximum absolute atomic E-state index is 6.38. The van der Waals surface area contributed by atoms with Gasteiger partial charge in [-0.3, -0.25) is 0 Å². The first-order chi connectivity index (χ1) is 11.2. The van der Waals surface area contributed by atoms with E-state index in [4.69, 9.17) is 23.2 Å². The van der Waals surface area contributed by atoms with Gasteiger partial charge in [0.05, 0.1) is 19.6 Å². The number of nitrogens with one attached hydrogen (secondary N) is 1. The Morgan fingerprint density at radius 1 is 0.913 bits per heavy atom. The Kier molecular flexibility index (Phi) is 5.99. The largest absolute Gasteiger partial charge is 0.335 e. The number of hydrogen-bond donors (Lipinski definition) is 1. The zero-order valence-electron chi connectivity index (χ0n) is 13.4. The summed E-state index contributed by atoms with van der Waals surface area (Å²) in [5.74, 6) is 0.500. The fourth-order valence-corrected chi connectivity index (χ4v) is 3.89. The Morgan fingerprint density at radius 3 is 2.30 bits per heavy atom. The Balaban J connectivity index is 1.74. The third-order valence-electron chi connectivity index (χ3n) is 4.92. The van der Waals surface area contributed by atoms with Crippen molar-refractivity contribution in [3.63, 3.8) is 0 Å². The number of rotatable bonds is 6. The molecule has 2 aromatic rings. The van der Waals surface area contributed by atoms with Crippen molar-refractivity contribution in [3.8, 4) is 0 Å². The zero-order valence-corrected chi connectivity index (χ0v) is 14.9. The van der Waals surface area contributed by atoms with Gasteiger partial charge in [-0.2, -0.15) is 0 Å². The molecule has 1 fully saturated rings. The average molecular weight is 349 g/mol. The molecule has 122 valence electrons. The summed E-state index contributed by atoms with van der Waals surface area (Å²) in [6.07, 6.45) is 4.95. The molecule has 0 amide bonds. The molecule has 0 radical (unpaired) electrons. The highest BCUT2D eigenvalue weighted by molar-refractivity contribution is 6.31. The quantitative estimate of drug-likeness (QED) is 0.789. The summed E-state index contributed by atoms with van der Waals surface area (Å²) >= 11 is 12.4. The highest BCUT2D eigenvalue weighted by Crippen LogP contribution is 2.28. The molecule has 2 aromatic carbocycles. The second-order valence-corrected chi connectivity index (χ2v) is 7.38. The molecule has 1 aliphatic rings. The molecule has 0 aliphatic carbocycles. The fourth-order valence-electron chi connectivity index (χ4n) is 3.55. The Labute approximate surface area is 149 Å². The zero-order chi connectivity index (χ0) is 16.1. The van der Waals surface area contributed by atoms with Crippen LogP contribution >= 0.6 is 23.2 Å². The van der Waals surface area contributed by atoms with Gasteiger partial charge in [0.25, 0.3) is 0 Å². The molecule has 0 aromatic heterocycles. The van der Waals surface area contributed by atoms with Crippen LogP contribution in [0.5, 0.6) is 0 Å². The van der Waals surface area contributed by atoms with Crippen LogP contribution in [0.15, 0.2) is 48.5 Å². The van der Waals surface area contributed by atoms with E-state index in [1.165, 1.54) is 50.0 Å². The van der Waals surface area contributed by atoms with Gasteiger partial charge in [-0.25, -0.2) is 0 Å². The lowest BCUT2D eigenvalue weighted by Crippen LogP contribution is -3.10. The summed E-state index contributed by atoms with van der Waals surface area (Å²) in [5, 5.41) is 1.68. The monoisotopic (exact) mass is 348 g/mol. The van der Waals surface area contributed by atoms with Crippen LogP contribution in [0.2, 0.25) is 10.0 Å². The number of hydrogen-bond acceptors (Lipinski definition) is 0. The van der Waals surface area contributed by atoms with Crippen LogP contribution in [0, 0.1) is 0 Å². The highest BCUT2D eigenvalue weighted by Gasteiger charge is 2.20. The van der Waals surface area contributed by atoms with Gasteiger partial charge in [-0.15, -0.1) is 0 Å². The lowest BCUT2D eigenvalue weighted by molar-refractivity contribution is -0.887. The number of quaternary nitrogens is 1. The summed E-state index contributed by atoms with van der Waals surface area (Å²) in [5.41, 5.74) is 2.61. The molecule has 3 heteroatoms. The Hall–Kier alpha value is -1.02. The van der Waals surface area contributed by atoms with Crippen LogP contribution < -0.4 is 4.90 Å². The van der Waals surface area contributed by atoms with Gasteiger partial charge in [0.1, 0.15) is 0 Å². The first kappa shape index (κ1) is 16.8. The topological polar surface area (TPSA) is 4.44 Å². The molecule has 0 saturated carbocycles. The van der Waals surface area contributed by atoms with E-state index in [1.807, 2.05) is 24.3 Å². The summed E-state index contributed by atoms with van der Waals surface area (Å²) in [7, 11) is 0. The standard InChI is InChI=1S/C20H23Cl2N/c21-19-9-7-16(8-10-19)17(11-14-23-12-3-4-13-23)15-18-5-1-2-6-20(18)22/h1-2,5-10,17H,3-4,11-15H2/p+1/t17-/m1/s1. The Bertz CT molecular complexity index is 618. The van der Waals surface area contributed by atoms with Crippen LogP contribution in [0.1, 0.15) is 36.3 Å². The van der Waals surface area contributed by atoms with Crippen LogP contribution in [0.3, 0.4) is 0 Å². The van der Waals surface area contributed by atoms with E-state index >= 15 is 0 Å². The predicted octanol–water partition coefficient (Wildman–Crippen LogP) is 4.39. The molecule has 1 saturated heterocycles. The first-order valence-electron chi connectivity index (χ1n) is 8.55. The summed E-state index contributed by atoms with van der Waals surface area (Å²) in [6, 6.07) is 16.5. The van der Waals surface area contributed by atoms with Crippen molar-refractivity contribution in [2.45, 2.75) is 31.6 Å². The maximum Gasteiger partial charge on any atom is 0.0776 e. The Morgan fingerprint density at radius 2 is 1.61 bits per heavy atom. The van der Waals surface area contributed by atoms with Gasteiger partial charge < -0.3 is 4.90 Å². The van der Waals surface area contributed by atoms with Crippen LogP contribution in [0.25, 0.3) is 0 Å². The molecule has 0 unspecified atom stereocenters.